The van der Waals surface area contributed by atoms with Crippen LogP contribution < -0.4 is 21.9 Å². The predicted octanol–water partition coefficient (Wildman–Crippen LogP) is 2.48. The number of aryl methyl sites for hydroxylation is 1. The largest absolute Gasteiger partial charge is 0.460 e. The zero-order valence-electron chi connectivity index (χ0n) is 14.5. The SMILES string of the molecule is CNN(Cc1cccc(CCl)n1)c1nc(N)nc(-c2ccc(C)o2)c1N. The zero-order chi connectivity index (χ0) is 18.7. The van der Waals surface area contributed by atoms with Crippen LogP contribution >= 0.6 is 11.6 Å². The molecule has 0 spiro atoms. The molecular weight excluding hydrogens is 354 g/mol. The maximum absolute atomic E-state index is 6.32. The fourth-order valence-corrected chi connectivity index (χ4v) is 2.69. The number of nitrogen functional groups attached to an aromatic ring is 2. The van der Waals surface area contributed by atoms with Gasteiger partial charge in [0.05, 0.1) is 23.8 Å². The van der Waals surface area contributed by atoms with Gasteiger partial charge in [0.2, 0.25) is 5.95 Å². The van der Waals surface area contributed by atoms with Gasteiger partial charge in [-0.05, 0) is 31.2 Å². The monoisotopic (exact) mass is 373 g/mol. The topological polar surface area (TPSA) is 119 Å². The maximum atomic E-state index is 6.32. The third-order valence-corrected chi connectivity index (χ3v) is 4.04. The third-order valence-electron chi connectivity index (χ3n) is 3.76. The predicted molar refractivity (Wildman–Crippen MR) is 102 cm³/mol. The highest BCUT2D eigenvalue weighted by Crippen LogP contribution is 2.32. The van der Waals surface area contributed by atoms with Gasteiger partial charge in [0.15, 0.2) is 11.6 Å². The smallest absolute Gasteiger partial charge is 0.222 e. The number of hydrogen-bond acceptors (Lipinski definition) is 8. The summed E-state index contributed by atoms with van der Waals surface area (Å²) < 4.78 is 5.63. The van der Waals surface area contributed by atoms with E-state index in [9.17, 15) is 0 Å². The summed E-state index contributed by atoms with van der Waals surface area (Å²) in [5, 5.41) is 1.74. The van der Waals surface area contributed by atoms with E-state index in [2.05, 4.69) is 20.4 Å². The first-order valence-corrected chi connectivity index (χ1v) is 8.50. The zero-order valence-corrected chi connectivity index (χ0v) is 15.3. The van der Waals surface area contributed by atoms with Gasteiger partial charge < -0.3 is 15.9 Å². The number of hydrogen-bond donors (Lipinski definition) is 3. The summed E-state index contributed by atoms with van der Waals surface area (Å²) in [4.78, 5) is 13.0. The second-order valence-corrected chi connectivity index (χ2v) is 5.91. The van der Waals surface area contributed by atoms with Gasteiger partial charge in [-0.1, -0.05) is 6.07 Å². The lowest BCUT2D eigenvalue weighted by atomic mass is 10.2. The minimum atomic E-state index is 0.0981. The van der Waals surface area contributed by atoms with E-state index in [1.807, 2.05) is 31.2 Å². The molecule has 0 aliphatic heterocycles. The molecule has 3 heterocycles. The Morgan fingerprint density at radius 1 is 1.12 bits per heavy atom. The molecule has 8 nitrogen and oxygen atoms in total. The highest BCUT2D eigenvalue weighted by molar-refractivity contribution is 6.16. The van der Waals surface area contributed by atoms with E-state index in [1.54, 1.807) is 18.1 Å². The number of aromatic nitrogens is 3. The summed E-state index contributed by atoms with van der Waals surface area (Å²) in [7, 11) is 1.76. The summed E-state index contributed by atoms with van der Waals surface area (Å²) in [5.41, 5.74) is 17.7. The van der Waals surface area contributed by atoms with Gasteiger partial charge in [0.1, 0.15) is 17.1 Å². The number of nitrogens with zero attached hydrogens (tertiary/aromatic N) is 4. The van der Waals surface area contributed by atoms with Crippen LogP contribution in [0, 0.1) is 6.92 Å². The van der Waals surface area contributed by atoms with Crippen LogP contribution in [0.3, 0.4) is 0 Å². The van der Waals surface area contributed by atoms with E-state index < -0.39 is 0 Å². The average molecular weight is 374 g/mol. The van der Waals surface area contributed by atoms with Gasteiger partial charge in [0.25, 0.3) is 0 Å². The lowest BCUT2D eigenvalue weighted by molar-refractivity contribution is 0.546. The van der Waals surface area contributed by atoms with Crippen LogP contribution in [-0.2, 0) is 12.4 Å². The van der Waals surface area contributed by atoms with Crippen LogP contribution in [0.25, 0.3) is 11.5 Å². The number of alkyl halides is 1. The van der Waals surface area contributed by atoms with Gasteiger partial charge in [-0.3, -0.25) is 9.99 Å². The van der Waals surface area contributed by atoms with Crippen molar-refractivity contribution in [1.82, 2.24) is 20.4 Å². The number of nitrogens with one attached hydrogen (secondary N) is 1. The van der Waals surface area contributed by atoms with Gasteiger partial charge in [0, 0.05) is 7.05 Å². The highest BCUT2D eigenvalue weighted by atomic mass is 35.5. The van der Waals surface area contributed by atoms with Crippen molar-refractivity contribution < 1.29 is 4.42 Å². The summed E-state index contributed by atoms with van der Waals surface area (Å²) in [6.45, 7) is 2.26. The normalized spacial score (nSPS) is 10.9. The fourth-order valence-electron chi connectivity index (χ4n) is 2.54. The van der Waals surface area contributed by atoms with Crippen molar-refractivity contribution in [3.05, 3.63) is 47.5 Å². The quantitative estimate of drug-likeness (QED) is 0.445. The number of halogens is 1. The van der Waals surface area contributed by atoms with Crippen molar-refractivity contribution in [1.29, 1.82) is 0 Å². The average Bonchev–Trinajstić information content (AvgIpc) is 3.08. The molecule has 0 aliphatic carbocycles. The second-order valence-electron chi connectivity index (χ2n) is 5.64. The number of hydrazine groups is 1. The first kappa shape index (κ1) is 18.0. The molecule has 0 saturated carbocycles. The van der Waals surface area contributed by atoms with Crippen molar-refractivity contribution in [3.63, 3.8) is 0 Å². The molecule has 0 bridgehead atoms. The summed E-state index contributed by atoms with van der Waals surface area (Å²) >= 11 is 5.86. The van der Waals surface area contributed by atoms with Crippen LogP contribution in [-0.4, -0.2) is 22.0 Å². The molecule has 0 saturated heterocycles. The lowest BCUT2D eigenvalue weighted by Crippen LogP contribution is -2.36. The van der Waals surface area contributed by atoms with Gasteiger partial charge in [-0.25, -0.2) is 10.4 Å². The molecule has 3 aromatic heterocycles. The summed E-state index contributed by atoms with van der Waals surface area (Å²) in [5.74, 6) is 2.18. The number of furan rings is 1. The highest BCUT2D eigenvalue weighted by Gasteiger charge is 2.20. The molecule has 0 aromatic carbocycles. The van der Waals surface area contributed by atoms with Crippen molar-refractivity contribution in [2.45, 2.75) is 19.3 Å². The number of nitrogens with two attached hydrogens (primary N) is 2. The number of rotatable bonds is 6. The van der Waals surface area contributed by atoms with E-state index in [1.165, 1.54) is 0 Å². The van der Waals surface area contributed by atoms with Crippen molar-refractivity contribution in [3.8, 4) is 11.5 Å². The Bertz CT molecular complexity index is 912. The summed E-state index contributed by atoms with van der Waals surface area (Å²) in [6.07, 6.45) is 0. The molecule has 0 aliphatic rings. The molecule has 3 rings (SSSR count). The Morgan fingerprint density at radius 2 is 1.88 bits per heavy atom. The van der Waals surface area contributed by atoms with E-state index >= 15 is 0 Å². The molecule has 26 heavy (non-hydrogen) atoms. The van der Waals surface area contributed by atoms with E-state index in [4.69, 9.17) is 27.5 Å². The van der Waals surface area contributed by atoms with Crippen LogP contribution in [0.1, 0.15) is 17.1 Å². The Kier molecular flexibility index (Phi) is 5.24. The van der Waals surface area contributed by atoms with Gasteiger partial charge in [-0.15, -0.1) is 11.6 Å². The van der Waals surface area contributed by atoms with Crippen molar-refractivity contribution in [2.24, 2.45) is 0 Å². The molecule has 136 valence electrons. The molecule has 0 atom stereocenters. The molecule has 0 unspecified atom stereocenters. The Balaban J connectivity index is 1.99. The molecule has 5 N–H and O–H groups in total. The van der Waals surface area contributed by atoms with Gasteiger partial charge in [-0.2, -0.15) is 4.98 Å². The minimum absolute atomic E-state index is 0.0981. The fraction of sp³-hybridized carbons (Fsp3) is 0.235. The molecule has 0 radical (unpaired) electrons. The van der Waals surface area contributed by atoms with Crippen molar-refractivity contribution >= 4 is 29.1 Å². The Hall–Kier alpha value is -2.84. The molecule has 0 amide bonds. The first-order valence-electron chi connectivity index (χ1n) is 7.97. The van der Waals surface area contributed by atoms with Crippen LogP contribution in [0.5, 0.6) is 0 Å². The molecule has 0 fully saturated rings. The van der Waals surface area contributed by atoms with Crippen LogP contribution in [0.15, 0.2) is 34.7 Å². The lowest BCUT2D eigenvalue weighted by Gasteiger charge is -2.24. The number of anilines is 3. The van der Waals surface area contributed by atoms with Crippen molar-refractivity contribution in [2.75, 3.05) is 23.5 Å². The van der Waals surface area contributed by atoms with Gasteiger partial charge >= 0.3 is 0 Å². The van der Waals surface area contributed by atoms with E-state index in [0.717, 1.165) is 17.1 Å². The Labute approximate surface area is 156 Å². The second kappa shape index (κ2) is 7.59. The van der Waals surface area contributed by atoms with Crippen LogP contribution in [0.4, 0.5) is 17.5 Å². The third kappa shape index (κ3) is 3.71. The molecular formula is C17H20ClN7O. The molecule has 3 aromatic rings. The minimum Gasteiger partial charge on any atom is -0.460 e. The van der Waals surface area contributed by atoms with E-state index in [-0.39, 0.29) is 5.95 Å². The van der Waals surface area contributed by atoms with E-state index in [0.29, 0.717) is 35.4 Å². The molecule has 9 heteroatoms. The Morgan fingerprint density at radius 3 is 2.54 bits per heavy atom. The summed E-state index contributed by atoms with van der Waals surface area (Å²) in [6, 6.07) is 9.31. The first-order chi connectivity index (χ1) is 12.5. The maximum Gasteiger partial charge on any atom is 0.222 e. The van der Waals surface area contributed by atoms with Crippen LogP contribution in [0.2, 0.25) is 0 Å². The standard InChI is InChI=1S/C17H20ClN7O/c1-10-6-7-13(26-10)15-14(19)16(24-17(20)23-15)25(21-2)9-12-5-3-4-11(8-18)22-12/h3-7,21H,8-9,19H2,1-2H3,(H2,20,23,24). The number of pyridine rings is 1.